The van der Waals surface area contributed by atoms with Gasteiger partial charge in [-0.1, -0.05) is 24.3 Å². The second-order valence-corrected chi connectivity index (χ2v) is 6.98. The maximum absolute atomic E-state index is 6.07. The zero-order valence-electron chi connectivity index (χ0n) is 11.4. The van der Waals surface area contributed by atoms with Crippen molar-refractivity contribution >= 4 is 27.3 Å². The molecular weight excluding hydrogens is 334 g/mol. The van der Waals surface area contributed by atoms with Crippen LogP contribution in [0.25, 0.3) is 0 Å². The number of benzene rings is 1. The van der Waals surface area contributed by atoms with Crippen molar-refractivity contribution in [3.8, 4) is 0 Å². The Morgan fingerprint density at radius 2 is 2.30 bits per heavy atom. The summed E-state index contributed by atoms with van der Waals surface area (Å²) in [5, 5.41) is 5.57. The molecule has 20 heavy (non-hydrogen) atoms. The zero-order valence-corrected chi connectivity index (χ0v) is 13.8. The largest absolute Gasteiger partial charge is 0.372 e. The quantitative estimate of drug-likeness (QED) is 0.900. The average Bonchev–Trinajstić information content (AvgIpc) is 2.89. The van der Waals surface area contributed by atoms with Gasteiger partial charge in [-0.3, -0.25) is 0 Å². The standard InChI is InChI=1S/C16H18BrNOS/c1-18-15(9-13-8-12(17)10-20-13)16-14-5-3-2-4-11(14)6-7-19-16/h2-5,8,10,15-16,18H,6-7,9H2,1H3. The van der Waals surface area contributed by atoms with E-state index in [2.05, 4.69) is 57.0 Å². The molecule has 0 fully saturated rings. The van der Waals surface area contributed by atoms with E-state index >= 15 is 0 Å². The number of hydrogen-bond acceptors (Lipinski definition) is 3. The van der Waals surface area contributed by atoms with Crippen molar-refractivity contribution in [1.29, 1.82) is 0 Å². The third kappa shape index (κ3) is 2.98. The molecule has 0 aliphatic carbocycles. The van der Waals surface area contributed by atoms with Crippen molar-refractivity contribution in [2.45, 2.75) is 25.0 Å². The Morgan fingerprint density at radius 1 is 1.45 bits per heavy atom. The topological polar surface area (TPSA) is 21.3 Å². The molecule has 1 aliphatic rings. The number of nitrogens with one attached hydrogen (secondary N) is 1. The number of ether oxygens (including phenoxy) is 1. The minimum absolute atomic E-state index is 0.144. The van der Waals surface area contributed by atoms with Gasteiger partial charge in [0.15, 0.2) is 0 Å². The highest BCUT2D eigenvalue weighted by Crippen LogP contribution is 2.32. The molecule has 0 spiro atoms. The first-order valence-corrected chi connectivity index (χ1v) is 8.55. The fourth-order valence-corrected chi connectivity index (χ4v) is 4.31. The lowest BCUT2D eigenvalue weighted by atomic mass is 9.91. The average molecular weight is 352 g/mol. The Hall–Kier alpha value is -0.680. The highest BCUT2D eigenvalue weighted by Gasteiger charge is 2.28. The first kappa shape index (κ1) is 14.3. The van der Waals surface area contributed by atoms with Crippen molar-refractivity contribution in [3.05, 3.63) is 56.2 Å². The van der Waals surface area contributed by atoms with E-state index in [9.17, 15) is 0 Å². The monoisotopic (exact) mass is 351 g/mol. The van der Waals surface area contributed by atoms with Gasteiger partial charge in [-0.05, 0) is 53.0 Å². The summed E-state index contributed by atoms with van der Waals surface area (Å²) in [5.74, 6) is 0. The fourth-order valence-electron chi connectivity index (χ4n) is 2.80. The molecule has 2 nitrogen and oxygen atoms in total. The lowest BCUT2D eigenvalue weighted by Crippen LogP contribution is -2.37. The second-order valence-electron chi connectivity index (χ2n) is 5.07. The van der Waals surface area contributed by atoms with Gasteiger partial charge in [-0.25, -0.2) is 0 Å². The van der Waals surface area contributed by atoms with Crippen LogP contribution in [0.3, 0.4) is 0 Å². The predicted molar refractivity (Wildman–Crippen MR) is 87.4 cm³/mol. The Kier molecular flexibility index (Phi) is 4.56. The molecule has 2 unspecified atom stereocenters. The Labute approximate surface area is 132 Å². The molecule has 1 N–H and O–H groups in total. The summed E-state index contributed by atoms with van der Waals surface area (Å²) >= 11 is 5.32. The van der Waals surface area contributed by atoms with Crippen LogP contribution in [0.1, 0.15) is 22.1 Å². The number of rotatable bonds is 4. The van der Waals surface area contributed by atoms with E-state index in [-0.39, 0.29) is 6.10 Å². The van der Waals surface area contributed by atoms with Gasteiger partial charge in [0.2, 0.25) is 0 Å². The van der Waals surface area contributed by atoms with Crippen molar-refractivity contribution in [2.75, 3.05) is 13.7 Å². The van der Waals surface area contributed by atoms with Gasteiger partial charge in [0.05, 0.1) is 12.7 Å². The van der Waals surface area contributed by atoms with Gasteiger partial charge in [0.1, 0.15) is 0 Å². The van der Waals surface area contributed by atoms with Crippen LogP contribution in [0.2, 0.25) is 0 Å². The summed E-state index contributed by atoms with van der Waals surface area (Å²) in [7, 11) is 2.02. The van der Waals surface area contributed by atoms with Crippen molar-refractivity contribution < 1.29 is 4.74 Å². The third-order valence-corrected chi connectivity index (χ3v) is 5.53. The highest BCUT2D eigenvalue weighted by molar-refractivity contribution is 9.10. The van der Waals surface area contributed by atoms with Gasteiger partial charge >= 0.3 is 0 Å². The lowest BCUT2D eigenvalue weighted by Gasteiger charge is -2.32. The first-order valence-electron chi connectivity index (χ1n) is 6.87. The number of fused-ring (bicyclic) bond motifs is 1. The number of thiophene rings is 1. The minimum Gasteiger partial charge on any atom is -0.372 e. The van der Waals surface area contributed by atoms with Crippen LogP contribution in [0.5, 0.6) is 0 Å². The molecule has 0 saturated carbocycles. The number of hydrogen-bond donors (Lipinski definition) is 1. The van der Waals surface area contributed by atoms with Crippen LogP contribution in [-0.2, 0) is 17.6 Å². The van der Waals surface area contributed by atoms with Gasteiger partial charge in [0.25, 0.3) is 0 Å². The van der Waals surface area contributed by atoms with E-state index in [1.807, 2.05) is 7.05 Å². The first-order chi connectivity index (χ1) is 9.78. The SMILES string of the molecule is CNC(Cc1cc(Br)cs1)C1OCCc2ccccc21. The van der Waals surface area contributed by atoms with E-state index in [1.54, 1.807) is 11.3 Å². The molecule has 2 heterocycles. The minimum atomic E-state index is 0.144. The number of likely N-dealkylation sites (N-methyl/N-ethyl adjacent to an activating group) is 1. The number of halogens is 1. The predicted octanol–water partition coefficient (Wildman–Crippen LogP) is 3.96. The summed E-state index contributed by atoms with van der Waals surface area (Å²) in [5.41, 5.74) is 2.77. The van der Waals surface area contributed by atoms with Crippen molar-refractivity contribution in [1.82, 2.24) is 5.32 Å². The third-order valence-electron chi connectivity index (χ3n) is 3.81. The van der Waals surface area contributed by atoms with E-state index in [0.29, 0.717) is 6.04 Å². The van der Waals surface area contributed by atoms with Gasteiger partial charge in [-0.2, -0.15) is 0 Å². The van der Waals surface area contributed by atoms with E-state index in [4.69, 9.17) is 4.74 Å². The van der Waals surface area contributed by atoms with Crippen LogP contribution in [-0.4, -0.2) is 19.7 Å². The normalized spacial score (nSPS) is 19.6. The van der Waals surface area contributed by atoms with Gasteiger partial charge < -0.3 is 10.1 Å². The smallest absolute Gasteiger partial charge is 0.0984 e. The summed E-state index contributed by atoms with van der Waals surface area (Å²) < 4.78 is 7.23. The Bertz CT molecular complexity index is 583. The van der Waals surface area contributed by atoms with Gasteiger partial charge in [0, 0.05) is 20.8 Å². The highest BCUT2D eigenvalue weighted by atomic mass is 79.9. The van der Waals surface area contributed by atoms with Crippen molar-refractivity contribution in [3.63, 3.8) is 0 Å². The van der Waals surface area contributed by atoms with E-state index in [1.165, 1.54) is 16.0 Å². The summed E-state index contributed by atoms with van der Waals surface area (Å²) in [4.78, 5) is 1.38. The van der Waals surface area contributed by atoms with Crippen LogP contribution in [0, 0.1) is 0 Å². The molecule has 2 atom stereocenters. The molecule has 4 heteroatoms. The Balaban J connectivity index is 1.83. The second kappa shape index (κ2) is 6.39. The van der Waals surface area contributed by atoms with Gasteiger partial charge in [-0.15, -0.1) is 11.3 Å². The van der Waals surface area contributed by atoms with Crippen LogP contribution >= 0.6 is 27.3 Å². The van der Waals surface area contributed by atoms with E-state index < -0.39 is 0 Å². The molecule has 1 aliphatic heterocycles. The fraction of sp³-hybridized carbons (Fsp3) is 0.375. The molecule has 1 aromatic carbocycles. The van der Waals surface area contributed by atoms with Crippen LogP contribution < -0.4 is 5.32 Å². The molecular formula is C16H18BrNOS. The maximum atomic E-state index is 6.07. The maximum Gasteiger partial charge on any atom is 0.0984 e. The molecule has 1 aromatic heterocycles. The van der Waals surface area contributed by atoms with Crippen LogP contribution in [0.15, 0.2) is 40.2 Å². The molecule has 0 saturated heterocycles. The molecule has 0 bridgehead atoms. The lowest BCUT2D eigenvalue weighted by molar-refractivity contribution is 0.0174. The molecule has 106 valence electrons. The van der Waals surface area contributed by atoms with Crippen LogP contribution in [0.4, 0.5) is 0 Å². The molecule has 0 amide bonds. The zero-order chi connectivity index (χ0) is 13.9. The van der Waals surface area contributed by atoms with E-state index in [0.717, 1.165) is 23.9 Å². The molecule has 3 rings (SSSR count). The van der Waals surface area contributed by atoms with Crippen molar-refractivity contribution in [2.24, 2.45) is 0 Å². The Morgan fingerprint density at radius 3 is 3.05 bits per heavy atom. The summed E-state index contributed by atoms with van der Waals surface area (Å²) in [6.45, 7) is 0.813. The molecule has 2 aromatic rings. The summed E-state index contributed by atoms with van der Waals surface area (Å²) in [6.07, 6.45) is 2.16. The molecule has 0 radical (unpaired) electrons. The summed E-state index contributed by atoms with van der Waals surface area (Å²) in [6, 6.07) is 11.2.